The lowest BCUT2D eigenvalue weighted by Gasteiger charge is -1.95. The molecule has 0 amide bonds. The number of alkyl halides is 1. The summed E-state index contributed by atoms with van der Waals surface area (Å²) in [4.78, 5) is 4.04. The van der Waals surface area contributed by atoms with E-state index < -0.39 is 0 Å². The molecule has 2 aromatic heterocycles. The fourth-order valence-corrected chi connectivity index (χ4v) is 2.20. The Morgan fingerprint density at radius 3 is 3.00 bits per heavy atom. The zero-order valence-corrected chi connectivity index (χ0v) is 8.65. The van der Waals surface area contributed by atoms with Crippen LogP contribution in [-0.2, 0) is 5.88 Å². The van der Waals surface area contributed by atoms with Crippen molar-refractivity contribution in [3.8, 4) is 11.3 Å². The van der Waals surface area contributed by atoms with Gasteiger partial charge in [-0.15, -0.1) is 11.6 Å². The van der Waals surface area contributed by atoms with Gasteiger partial charge in [-0.1, -0.05) is 0 Å². The maximum Gasteiger partial charge on any atom is 0.181 e. The molecule has 0 unspecified atom stereocenters. The number of halogens is 1. The number of aryl methyl sites for hydroxylation is 1. The summed E-state index contributed by atoms with van der Waals surface area (Å²) in [5, 5.41) is 4.13. The van der Waals surface area contributed by atoms with Crippen molar-refractivity contribution < 1.29 is 4.42 Å². The molecule has 2 nitrogen and oxygen atoms in total. The van der Waals surface area contributed by atoms with Gasteiger partial charge in [0.25, 0.3) is 0 Å². The molecular weight excluding hydrogens is 206 g/mol. The van der Waals surface area contributed by atoms with Crippen molar-refractivity contribution in [2.75, 3.05) is 0 Å². The third kappa shape index (κ3) is 1.49. The lowest BCUT2D eigenvalue weighted by molar-refractivity contribution is 0.571. The van der Waals surface area contributed by atoms with Crippen LogP contribution in [0.1, 0.15) is 11.3 Å². The fourth-order valence-electron chi connectivity index (χ4n) is 1.18. The van der Waals surface area contributed by atoms with Crippen LogP contribution < -0.4 is 0 Å². The van der Waals surface area contributed by atoms with E-state index in [4.69, 9.17) is 16.0 Å². The zero-order chi connectivity index (χ0) is 9.26. The van der Waals surface area contributed by atoms with Crippen LogP contribution in [0.2, 0.25) is 0 Å². The van der Waals surface area contributed by atoms with Crippen molar-refractivity contribution in [3.05, 3.63) is 28.4 Å². The Morgan fingerprint density at radius 2 is 2.38 bits per heavy atom. The first-order valence-corrected chi connectivity index (χ1v) is 5.32. The quantitative estimate of drug-likeness (QED) is 0.715. The first kappa shape index (κ1) is 8.78. The second kappa shape index (κ2) is 3.52. The van der Waals surface area contributed by atoms with Crippen LogP contribution in [0.5, 0.6) is 0 Å². The lowest BCUT2D eigenvalue weighted by Crippen LogP contribution is -1.82. The molecule has 0 aromatic carbocycles. The van der Waals surface area contributed by atoms with Crippen molar-refractivity contribution >= 4 is 22.9 Å². The predicted octanol–water partition coefficient (Wildman–Crippen LogP) is 3.45. The Hall–Kier alpha value is -0.800. The standard InChI is InChI=1S/C9H8ClNOS/c1-6-3-13-4-7(6)9-8(2-10)11-5-12-9/h3-5H,2H2,1H3. The Labute approximate surface area is 85.2 Å². The molecule has 13 heavy (non-hydrogen) atoms. The molecule has 2 aromatic rings. The van der Waals surface area contributed by atoms with E-state index in [-0.39, 0.29) is 0 Å². The highest BCUT2D eigenvalue weighted by Gasteiger charge is 2.12. The van der Waals surface area contributed by atoms with Gasteiger partial charge in [-0.2, -0.15) is 11.3 Å². The fraction of sp³-hybridized carbons (Fsp3) is 0.222. The number of thiophene rings is 1. The van der Waals surface area contributed by atoms with E-state index in [0.29, 0.717) is 5.88 Å². The van der Waals surface area contributed by atoms with Crippen LogP contribution in [-0.4, -0.2) is 4.98 Å². The minimum atomic E-state index is 0.390. The van der Waals surface area contributed by atoms with Crippen LogP contribution in [0, 0.1) is 6.92 Å². The summed E-state index contributed by atoms with van der Waals surface area (Å²) in [5.41, 5.74) is 3.11. The molecule has 0 aliphatic rings. The van der Waals surface area contributed by atoms with Gasteiger partial charge in [0.15, 0.2) is 12.2 Å². The van der Waals surface area contributed by atoms with Crippen LogP contribution >= 0.6 is 22.9 Å². The van der Waals surface area contributed by atoms with Gasteiger partial charge in [0.1, 0.15) is 5.69 Å². The normalized spacial score (nSPS) is 10.6. The number of oxazole rings is 1. The molecular formula is C9H8ClNOS. The molecule has 0 bridgehead atoms. The molecule has 0 aliphatic heterocycles. The van der Waals surface area contributed by atoms with E-state index in [1.807, 2.05) is 12.3 Å². The van der Waals surface area contributed by atoms with E-state index in [2.05, 4.69) is 10.4 Å². The molecule has 0 spiro atoms. The highest BCUT2D eigenvalue weighted by Crippen LogP contribution is 2.29. The third-order valence-electron chi connectivity index (χ3n) is 1.87. The van der Waals surface area contributed by atoms with Gasteiger partial charge < -0.3 is 4.42 Å². The number of rotatable bonds is 2. The predicted molar refractivity (Wildman–Crippen MR) is 54.1 cm³/mol. The van der Waals surface area contributed by atoms with Gasteiger partial charge in [0, 0.05) is 10.9 Å². The Morgan fingerprint density at radius 1 is 1.54 bits per heavy atom. The Balaban J connectivity index is 2.52. The number of hydrogen-bond acceptors (Lipinski definition) is 3. The Bertz CT molecular complexity index is 407. The highest BCUT2D eigenvalue weighted by atomic mass is 35.5. The summed E-state index contributed by atoms with van der Waals surface area (Å²) in [6.07, 6.45) is 1.43. The second-order valence-corrected chi connectivity index (χ2v) is 3.74. The summed E-state index contributed by atoms with van der Waals surface area (Å²) in [7, 11) is 0. The molecule has 0 N–H and O–H groups in total. The van der Waals surface area contributed by atoms with Gasteiger partial charge in [-0.3, -0.25) is 0 Å². The minimum Gasteiger partial charge on any atom is -0.443 e. The summed E-state index contributed by atoms with van der Waals surface area (Å²) >= 11 is 7.38. The van der Waals surface area contributed by atoms with Crippen LogP contribution in [0.3, 0.4) is 0 Å². The van der Waals surface area contributed by atoms with Gasteiger partial charge in [-0.25, -0.2) is 4.98 Å². The van der Waals surface area contributed by atoms with Crippen molar-refractivity contribution in [3.63, 3.8) is 0 Å². The number of hydrogen-bond donors (Lipinski definition) is 0. The average Bonchev–Trinajstić information content (AvgIpc) is 2.71. The van der Waals surface area contributed by atoms with Crippen LogP contribution in [0.25, 0.3) is 11.3 Å². The van der Waals surface area contributed by atoms with Gasteiger partial charge in [0.05, 0.1) is 5.88 Å². The molecule has 4 heteroatoms. The Kier molecular flexibility index (Phi) is 2.38. The molecule has 0 fully saturated rings. The topological polar surface area (TPSA) is 26.0 Å². The second-order valence-electron chi connectivity index (χ2n) is 2.73. The lowest BCUT2D eigenvalue weighted by atomic mass is 10.1. The summed E-state index contributed by atoms with van der Waals surface area (Å²) in [6, 6.07) is 0. The van der Waals surface area contributed by atoms with Crippen molar-refractivity contribution in [1.82, 2.24) is 4.98 Å². The number of aromatic nitrogens is 1. The van der Waals surface area contributed by atoms with Crippen molar-refractivity contribution in [2.24, 2.45) is 0 Å². The van der Waals surface area contributed by atoms with E-state index in [9.17, 15) is 0 Å². The first-order valence-electron chi connectivity index (χ1n) is 3.84. The largest absolute Gasteiger partial charge is 0.443 e. The average molecular weight is 214 g/mol. The summed E-state index contributed by atoms with van der Waals surface area (Å²) in [5.74, 6) is 1.19. The van der Waals surface area contributed by atoms with Gasteiger partial charge in [0.2, 0.25) is 0 Å². The van der Waals surface area contributed by atoms with Crippen molar-refractivity contribution in [1.29, 1.82) is 0 Å². The molecule has 0 saturated heterocycles. The smallest absolute Gasteiger partial charge is 0.181 e. The minimum absolute atomic E-state index is 0.390. The molecule has 2 rings (SSSR count). The molecule has 0 atom stereocenters. The first-order chi connectivity index (χ1) is 6.33. The van der Waals surface area contributed by atoms with E-state index in [1.54, 1.807) is 11.3 Å². The maximum absolute atomic E-state index is 5.72. The molecule has 0 saturated carbocycles. The summed E-state index contributed by atoms with van der Waals surface area (Å²) < 4.78 is 5.29. The monoisotopic (exact) mass is 213 g/mol. The summed E-state index contributed by atoms with van der Waals surface area (Å²) in [6.45, 7) is 2.05. The van der Waals surface area contributed by atoms with E-state index >= 15 is 0 Å². The molecule has 68 valence electrons. The third-order valence-corrected chi connectivity index (χ3v) is 2.98. The van der Waals surface area contributed by atoms with Crippen LogP contribution in [0.4, 0.5) is 0 Å². The van der Waals surface area contributed by atoms with E-state index in [1.165, 1.54) is 12.0 Å². The highest BCUT2D eigenvalue weighted by molar-refractivity contribution is 7.08. The van der Waals surface area contributed by atoms with Gasteiger partial charge >= 0.3 is 0 Å². The van der Waals surface area contributed by atoms with Crippen LogP contribution in [0.15, 0.2) is 21.6 Å². The maximum atomic E-state index is 5.72. The van der Waals surface area contributed by atoms with E-state index in [0.717, 1.165) is 17.0 Å². The molecule has 2 heterocycles. The van der Waals surface area contributed by atoms with Gasteiger partial charge in [-0.05, 0) is 17.9 Å². The SMILES string of the molecule is Cc1cscc1-c1ocnc1CCl. The zero-order valence-electron chi connectivity index (χ0n) is 7.08. The van der Waals surface area contributed by atoms with Crippen molar-refractivity contribution in [2.45, 2.75) is 12.8 Å². The molecule has 0 aliphatic carbocycles. The number of nitrogens with zero attached hydrogens (tertiary/aromatic N) is 1. The molecule has 0 radical (unpaired) electrons.